The standard InChI is InChI=1S/C39H58N4O2/c1-8-10-34(32-11-9-12-33-23-36(41-25-40-33)37(22-32)45-7)39(26(2)3)35-21-31(16-13-27(35)4)30-17-19-42(20-18-30)24-38(44)43-28(5)14-15-29(43)6/h11,13,16,21-22,25-26,28-30,33,38,44H,8-10,12,14-15,17-20,23-24H2,1-7H3/b32-11+,37-22+,39-34+. The molecule has 1 aliphatic carbocycles. The predicted molar refractivity (Wildman–Crippen MR) is 189 cm³/mol. The van der Waals surface area contributed by atoms with Gasteiger partial charge in [0.05, 0.1) is 18.9 Å². The molecule has 1 aromatic carbocycles. The molecule has 45 heavy (non-hydrogen) atoms. The van der Waals surface area contributed by atoms with Gasteiger partial charge in [-0.05, 0) is 130 Å². The fourth-order valence-electron chi connectivity index (χ4n) is 8.24. The summed E-state index contributed by atoms with van der Waals surface area (Å²) < 4.78 is 5.95. The zero-order valence-corrected chi connectivity index (χ0v) is 29.1. The normalized spacial score (nSPS) is 28.7. The minimum atomic E-state index is -0.366. The summed E-state index contributed by atoms with van der Waals surface area (Å²) in [5.41, 5.74) is 9.40. The molecule has 0 aromatic heterocycles. The molecule has 2 saturated heterocycles. The molecule has 0 radical (unpaired) electrons. The van der Waals surface area contributed by atoms with Crippen LogP contribution in [0.2, 0.25) is 0 Å². The van der Waals surface area contributed by atoms with Crippen molar-refractivity contribution in [3.05, 3.63) is 63.9 Å². The highest BCUT2D eigenvalue weighted by molar-refractivity contribution is 6.04. The monoisotopic (exact) mass is 614 g/mol. The fourth-order valence-corrected chi connectivity index (χ4v) is 8.24. The van der Waals surface area contributed by atoms with E-state index in [4.69, 9.17) is 4.74 Å². The van der Waals surface area contributed by atoms with E-state index in [1.54, 1.807) is 13.4 Å². The summed E-state index contributed by atoms with van der Waals surface area (Å²) in [6, 6.07) is 8.47. The van der Waals surface area contributed by atoms with Crippen LogP contribution >= 0.6 is 0 Å². The van der Waals surface area contributed by atoms with E-state index in [1.165, 1.54) is 46.3 Å². The molecule has 3 aliphatic heterocycles. The molecule has 0 spiro atoms. The van der Waals surface area contributed by atoms with Crippen molar-refractivity contribution in [1.29, 1.82) is 0 Å². The smallest absolute Gasteiger partial charge is 0.141 e. The molecule has 246 valence electrons. The van der Waals surface area contributed by atoms with Crippen molar-refractivity contribution >= 4 is 17.6 Å². The zero-order chi connectivity index (χ0) is 32.1. The molecule has 2 fully saturated rings. The van der Waals surface area contributed by atoms with Gasteiger partial charge in [0.1, 0.15) is 18.3 Å². The second-order valence-electron chi connectivity index (χ2n) is 14.3. The van der Waals surface area contributed by atoms with Crippen molar-refractivity contribution in [3.63, 3.8) is 0 Å². The van der Waals surface area contributed by atoms with Crippen molar-refractivity contribution < 1.29 is 9.84 Å². The number of rotatable bonds is 10. The molecule has 6 heteroatoms. The lowest BCUT2D eigenvalue weighted by Crippen LogP contribution is -2.49. The van der Waals surface area contributed by atoms with Crippen LogP contribution in [0.5, 0.6) is 0 Å². The summed E-state index contributed by atoms with van der Waals surface area (Å²) in [5, 5.41) is 11.1. The number of aliphatic hydroxyl groups is 1. The van der Waals surface area contributed by atoms with E-state index in [1.807, 2.05) is 0 Å². The Hall–Kier alpha value is -2.54. The topological polar surface area (TPSA) is 60.7 Å². The summed E-state index contributed by atoms with van der Waals surface area (Å²) in [6.07, 6.45) is 15.7. The highest BCUT2D eigenvalue weighted by atomic mass is 16.5. The van der Waals surface area contributed by atoms with Crippen LogP contribution in [0.25, 0.3) is 5.57 Å². The summed E-state index contributed by atoms with van der Waals surface area (Å²) in [4.78, 5) is 14.1. The number of aryl methyl sites for hydroxylation is 1. The second kappa shape index (κ2) is 15.4. The van der Waals surface area contributed by atoms with Gasteiger partial charge in [0.25, 0.3) is 0 Å². The van der Waals surface area contributed by atoms with Crippen LogP contribution in [0.3, 0.4) is 0 Å². The molecule has 0 saturated carbocycles. The van der Waals surface area contributed by atoms with Gasteiger partial charge in [-0.2, -0.15) is 0 Å². The summed E-state index contributed by atoms with van der Waals surface area (Å²) >= 11 is 0. The second-order valence-corrected chi connectivity index (χ2v) is 14.3. The van der Waals surface area contributed by atoms with Gasteiger partial charge in [-0.15, -0.1) is 0 Å². The molecule has 3 heterocycles. The van der Waals surface area contributed by atoms with Crippen molar-refractivity contribution in [2.45, 2.75) is 130 Å². The van der Waals surface area contributed by atoms with E-state index in [0.29, 0.717) is 23.9 Å². The molecule has 0 amide bonds. The molecule has 4 unspecified atom stereocenters. The number of allylic oxidation sites excluding steroid dienone is 6. The number of aliphatic hydroxyl groups excluding tert-OH is 1. The van der Waals surface area contributed by atoms with Gasteiger partial charge in [-0.25, -0.2) is 4.99 Å². The Morgan fingerprint density at radius 1 is 1.07 bits per heavy atom. The van der Waals surface area contributed by atoms with Gasteiger partial charge in [-0.3, -0.25) is 14.8 Å². The molecular formula is C39H58N4O2. The number of fused-ring (bicyclic) bond motifs is 2. The number of benzene rings is 1. The van der Waals surface area contributed by atoms with Gasteiger partial charge in [-0.1, -0.05) is 51.5 Å². The van der Waals surface area contributed by atoms with E-state index in [2.05, 4.69) is 91.7 Å². The van der Waals surface area contributed by atoms with Crippen molar-refractivity contribution in [1.82, 2.24) is 9.80 Å². The predicted octanol–water partition coefficient (Wildman–Crippen LogP) is 8.07. The first-order chi connectivity index (χ1) is 21.7. The summed E-state index contributed by atoms with van der Waals surface area (Å²) in [5.74, 6) is 1.80. The van der Waals surface area contributed by atoms with E-state index >= 15 is 0 Å². The highest BCUT2D eigenvalue weighted by Gasteiger charge is 2.34. The summed E-state index contributed by atoms with van der Waals surface area (Å²) in [7, 11) is 1.77. The minimum absolute atomic E-state index is 0.274. The van der Waals surface area contributed by atoms with Crippen molar-refractivity contribution in [2.75, 3.05) is 26.7 Å². The average molecular weight is 615 g/mol. The van der Waals surface area contributed by atoms with Crippen molar-refractivity contribution in [3.8, 4) is 0 Å². The van der Waals surface area contributed by atoms with Gasteiger partial charge in [0.2, 0.25) is 0 Å². The van der Waals surface area contributed by atoms with Crippen molar-refractivity contribution in [2.24, 2.45) is 15.9 Å². The third-order valence-electron chi connectivity index (χ3n) is 10.7. The number of likely N-dealkylation sites (tertiary alicyclic amines) is 2. The lowest BCUT2D eigenvalue weighted by atomic mass is 9.80. The van der Waals surface area contributed by atoms with Crippen LogP contribution in [0.15, 0.2) is 57.2 Å². The van der Waals surface area contributed by atoms with Crippen LogP contribution in [0.1, 0.15) is 115 Å². The summed E-state index contributed by atoms with van der Waals surface area (Å²) in [6.45, 7) is 16.6. The maximum Gasteiger partial charge on any atom is 0.141 e. The molecule has 1 aromatic rings. The maximum absolute atomic E-state index is 11.1. The molecule has 4 aliphatic rings. The third kappa shape index (κ3) is 7.89. The quantitative estimate of drug-likeness (QED) is 0.290. The molecule has 4 atom stereocenters. The van der Waals surface area contributed by atoms with E-state index in [9.17, 15) is 5.11 Å². The zero-order valence-electron chi connectivity index (χ0n) is 29.1. The van der Waals surface area contributed by atoms with E-state index in [0.717, 1.165) is 76.1 Å². The first-order valence-electron chi connectivity index (χ1n) is 17.8. The molecule has 2 bridgehead atoms. The Morgan fingerprint density at radius 2 is 1.80 bits per heavy atom. The molecular weight excluding hydrogens is 556 g/mol. The van der Waals surface area contributed by atoms with Gasteiger partial charge >= 0.3 is 0 Å². The van der Waals surface area contributed by atoms with Crippen LogP contribution in [0.4, 0.5) is 0 Å². The average Bonchev–Trinajstić information content (AvgIpc) is 3.39. The van der Waals surface area contributed by atoms with Crippen LogP contribution < -0.4 is 0 Å². The molecule has 1 N–H and O–H groups in total. The van der Waals surface area contributed by atoms with Crippen LogP contribution in [-0.2, 0) is 4.74 Å². The van der Waals surface area contributed by atoms with Gasteiger partial charge in [0.15, 0.2) is 0 Å². The van der Waals surface area contributed by atoms with E-state index in [-0.39, 0.29) is 12.3 Å². The third-order valence-corrected chi connectivity index (χ3v) is 10.7. The van der Waals surface area contributed by atoms with E-state index < -0.39 is 0 Å². The number of ether oxygens (including phenoxy) is 1. The molecule has 6 nitrogen and oxygen atoms in total. The Morgan fingerprint density at radius 3 is 2.47 bits per heavy atom. The Bertz CT molecular complexity index is 1320. The Labute approximate surface area is 273 Å². The first kappa shape index (κ1) is 33.8. The van der Waals surface area contributed by atoms with Gasteiger partial charge in [0, 0.05) is 25.0 Å². The number of aliphatic imine (C=N–C) groups is 2. The number of methoxy groups -OCH3 is 1. The lowest BCUT2D eigenvalue weighted by Gasteiger charge is -2.38. The lowest BCUT2D eigenvalue weighted by molar-refractivity contribution is -0.0460. The van der Waals surface area contributed by atoms with Crippen LogP contribution in [0, 0.1) is 12.8 Å². The maximum atomic E-state index is 11.1. The minimum Gasteiger partial charge on any atom is -0.495 e. The van der Waals surface area contributed by atoms with Crippen LogP contribution in [-0.4, -0.2) is 78.1 Å². The highest BCUT2D eigenvalue weighted by Crippen LogP contribution is 2.39. The number of hydrogen-bond acceptors (Lipinski definition) is 6. The Balaban J connectivity index is 1.41. The SMILES string of the molecule is CCCC(/C1=C/CCC2CC(=NC=N2)/C(OC)=C\1)=C(\c1cc(C2CCN(CC(O)N3C(C)CCC3C)CC2)ccc1C)C(C)C. The van der Waals surface area contributed by atoms with Gasteiger partial charge < -0.3 is 9.84 Å². The first-order valence-corrected chi connectivity index (χ1v) is 17.8. The number of nitrogens with zero attached hydrogens (tertiary/aromatic N) is 4. The number of β-amino-alcohol motifs (C(OH)–C–C–N with tert-alkyl or cyclic N) is 1. The largest absolute Gasteiger partial charge is 0.495 e. The number of hydrogen-bond donors (Lipinski definition) is 1. The molecule has 5 rings (SSSR count). The Kier molecular flexibility index (Phi) is 11.5. The number of piperidine rings is 1. The fraction of sp³-hybridized carbons (Fsp3) is 0.641.